The topological polar surface area (TPSA) is 55.1 Å². The summed E-state index contributed by atoms with van der Waals surface area (Å²) < 4.78 is 0. The van der Waals surface area contributed by atoms with Crippen molar-refractivity contribution in [3.8, 4) is 0 Å². The van der Waals surface area contributed by atoms with Gasteiger partial charge in [0.25, 0.3) is 0 Å². The van der Waals surface area contributed by atoms with E-state index in [0.717, 1.165) is 24.1 Å². The Morgan fingerprint density at radius 3 is 2.86 bits per heavy atom. The lowest BCUT2D eigenvalue weighted by Crippen LogP contribution is -2.18. The lowest BCUT2D eigenvalue weighted by molar-refractivity contribution is -0.115. The molecule has 0 aromatic heterocycles. The minimum absolute atomic E-state index is 0.0824. The fourth-order valence-electron chi connectivity index (χ4n) is 1.96. The summed E-state index contributed by atoms with van der Waals surface area (Å²) in [6, 6.07) is 6.06. The highest BCUT2D eigenvalue weighted by Crippen LogP contribution is 2.43. The third-order valence-electron chi connectivity index (χ3n) is 3.09. The van der Waals surface area contributed by atoms with Crippen molar-refractivity contribution >= 4 is 11.6 Å². The zero-order valence-corrected chi connectivity index (χ0v) is 7.84. The van der Waals surface area contributed by atoms with E-state index in [1.807, 2.05) is 12.1 Å². The van der Waals surface area contributed by atoms with Crippen molar-refractivity contribution in [1.29, 1.82) is 0 Å². The van der Waals surface area contributed by atoms with Crippen molar-refractivity contribution < 1.29 is 4.79 Å². The Morgan fingerprint density at radius 1 is 1.36 bits per heavy atom. The number of carbonyl (C=O) groups excluding carboxylic acids is 1. The van der Waals surface area contributed by atoms with Crippen LogP contribution in [0.5, 0.6) is 0 Å². The molecular weight excluding hydrogens is 176 g/mol. The Kier molecular flexibility index (Phi) is 1.35. The predicted molar refractivity (Wildman–Crippen MR) is 53.9 cm³/mol. The first-order valence-corrected chi connectivity index (χ1v) is 4.90. The van der Waals surface area contributed by atoms with Crippen LogP contribution in [-0.4, -0.2) is 5.91 Å². The van der Waals surface area contributed by atoms with Gasteiger partial charge in [0.1, 0.15) is 0 Å². The molecule has 0 spiro atoms. The molecule has 1 amide bonds. The lowest BCUT2D eigenvalue weighted by Gasteiger charge is -2.10. The number of fused-ring (bicyclic) bond motifs is 1. The van der Waals surface area contributed by atoms with Crippen molar-refractivity contribution in [2.45, 2.75) is 24.8 Å². The van der Waals surface area contributed by atoms with Crippen molar-refractivity contribution in [1.82, 2.24) is 0 Å². The van der Waals surface area contributed by atoms with Crippen LogP contribution in [0, 0.1) is 0 Å². The fraction of sp³-hybridized carbons (Fsp3) is 0.364. The van der Waals surface area contributed by atoms with Gasteiger partial charge in [-0.15, -0.1) is 0 Å². The van der Waals surface area contributed by atoms with Crippen LogP contribution in [0.25, 0.3) is 0 Å². The second-order valence-electron chi connectivity index (χ2n) is 4.25. The molecule has 1 aliphatic carbocycles. The van der Waals surface area contributed by atoms with E-state index in [1.54, 1.807) is 0 Å². The second-order valence-corrected chi connectivity index (χ2v) is 4.25. The van der Waals surface area contributed by atoms with Gasteiger partial charge in [-0.2, -0.15) is 0 Å². The number of hydrogen-bond acceptors (Lipinski definition) is 2. The van der Waals surface area contributed by atoms with Crippen LogP contribution in [0.15, 0.2) is 18.2 Å². The molecule has 14 heavy (non-hydrogen) atoms. The van der Waals surface area contributed by atoms with Gasteiger partial charge in [-0.25, -0.2) is 0 Å². The largest absolute Gasteiger partial charge is 0.326 e. The smallest absolute Gasteiger partial charge is 0.228 e. The maximum Gasteiger partial charge on any atom is 0.228 e. The monoisotopic (exact) mass is 188 g/mol. The van der Waals surface area contributed by atoms with E-state index >= 15 is 0 Å². The van der Waals surface area contributed by atoms with E-state index in [-0.39, 0.29) is 11.4 Å². The van der Waals surface area contributed by atoms with Gasteiger partial charge in [0.05, 0.1) is 6.42 Å². The SMILES string of the molecule is NC1(c2ccc3c(c2)CC(=O)N3)CC1. The number of carbonyl (C=O) groups is 1. The molecule has 1 aliphatic heterocycles. The summed E-state index contributed by atoms with van der Waals surface area (Å²) in [5, 5.41) is 2.82. The highest BCUT2D eigenvalue weighted by Gasteiger charge is 2.40. The molecule has 0 radical (unpaired) electrons. The van der Waals surface area contributed by atoms with Crippen LogP contribution in [0.2, 0.25) is 0 Å². The highest BCUT2D eigenvalue weighted by atomic mass is 16.1. The first-order valence-electron chi connectivity index (χ1n) is 4.90. The van der Waals surface area contributed by atoms with Gasteiger partial charge in [0.15, 0.2) is 0 Å². The summed E-state index contributed by atoms with van der Waals surface area (Å²) in [6.07, 6.45) is 2.62. The third-order valence-corrected chi connectivity index (χ3v) is 3.09. The standard InChI is InChI=1S/C11H12N2O/c12-11(3-4-11)8-1-2-9-7(5-8)6-10(14)13-9/h1-2,5H,3-4,6,12H2,(H,13,14). The summed E-state index contributed by atoms with van der Waals surface area (Å²) >= 11 is 0. The van der Waals surface area contributed by atoms with Crippen LogP contribution in [-0.2, 0) is 16.8 Å². The Hall–Kier alpha value is -1.35. The van der Waals surface area contributed by atoms with E-state index in [9.17, 15) is 4.79 Å². The first kappa shape index (κ1) is 8.00. The molecule has 0 atom stereocenters. The summed E-state index contributed by atoms with van der Waals surface area (Å²) in [7, 11) is 0. The maximum atomic E-state index is 11.1. The van der Waals surface area contributed by atoms with Crippen molar-refractivity contribution in [3.05, 3.63) is 29.3 Å². The molecule has 3 heteroatoms. The summed E-state index contributed by atoms with van der Waals surface area (Å²) in [5.74, 6) is 0.0824. The van der Waals surface area contributed by atoms with E-state index < -0.39 is 0 Å². The average Bonchev–Trinajstić information content (AvgIpc) is 2.79. The number of nitrogens with two attached hydrogens (primary N) is 1. The number of amides is 1. The van der Waals surface area contributed by atoms with Gasteiger partial charge in [0, 0.05) is 11.2 Å². The Morgan fingerprint density at radius 2 is 2.14 bits per heavy atom. The molecule has 0 bridgehead atoms. The molecule has 0 saturated heterocycles. The number of nitrogens with one attached hydrogen (secondary N) is 1. The van der Waals surface area contributed by atoms with Crippen LogP contribution in [0.4, 0.5) is 5.69 Å². The number of benzene rings is 1. The average molecular weight is 188 g/mol. The zero-order valence-electron chi connectivity index (χ0n) is 7.84. The van der Waals surface area contributed by atoms with Crippen LogP contribution < -0.4 is 11.1 Å². The summed E-state index contributed by atoms with van der Waals surface area (Å²) in [5.41, 5.74) is 9.20. The first-order chi connectivity index (χ1) is 6.67. The number of rotatable bonds is 1. The van der Waals surface area contributed by atoms with Gasteiger partial charge < -0.3 is 11.1 Å². The molecule has 1 aromatic carbocycles. The minimum Gasteiger partial charge on any atom is -0.326 e. The van der Waals surface area contributed by atoms with E-state index in [0.29, 0.717) is 6.42 Å². The van der Waals surface area contributed by atoms with Crippen molar-refractivity contribution in [3.63, 3.8) is 0 Å². The van der Waals surface area contributed by atoms with E-state index in [1.165, 1.54) is 5.56 Å². The normalized spacial score (nSPS) is 21.6. The van der Waals surface area contributed by atoms with Crippen LogP contribution >= 0.6 is 0 Å². The van der Waals surface area contributed by atoms with Gasteiger partial charge in [-0.3, -0.25) is 4.79 Å². The highest BCUT2D eigenvalue weighted by molar-refractivity contribution is 5.99. The molecule has 72 valence electrons. The van der Waals surface area contributed by atoms with E-state index in [2.05, 4.69) is 11.4 Å². The zero-order chi connectivity index (χ0) is 9.76. The summed E-state index contributed by atoms with van der Waals surface area (Å²) in [6.45, 7) is 0. The molecule has 3 rings (SSSR count). The molecule has 1 heterocycles. The third kappa shape index (κ3) is 1.06. The Labute approximate surface area is 82.3 Å². The molecular formula is C11H12N2O. The van der Waals surface area contributed by atoms with Crippen LogP contribution in [0.1, 0.15) is 24.0 Å². The Balaban J connectivity index is 2.04. The molecule has 3 N–H and O–H groups in total. The maximum absolute atomic E-state index is 11.1. The van der Waals surface area contributed by atoms with Gasteiger partial charge in [0.2, 0.25) is 5.91 Å². The minimum atomic E-state index is -0.0966. The molecule has 3 nitrogen and oxygen atoms in total. The van der Waals surface area contributed by atoms with E-state index in [4.69, 9.17) is 5.73 Å². The van der Waals surface area contributed by atoms with Crippen molar-refractivity contribution in [2.75, 3.05) is 5.32 Å². The molecule has 2 aliphatic rings. The summed E-state index contributed by atoms with van der Waals surface area (Å²) in [4.78, 5) is 11.1. The number of anilines is 1. The molecule has 1 fully saturated rings. The van der Waals surface area contributed by atoms with Gasteiger partial charge in [-0.05, 0) is 30.0 Å². The van der Waals surface area contributed by atoms with Crippen molar-refractivity contribution in [2.24, 2.45) is 5.73 Å². The number of hydrogen-bond donors (Lipinski definition) is 2. The molecule has 1 saturated carbocycles. The quantitative estimate of drug-likeness (QED) is 0.694. The lowest BCUT2D eigenvalue weighted by atomic mass is 10.0. The fourth-order valence-corrected chi connectivity index (χ4v) is 1.96. The van der Waals surface area contributed by atoms with Gasteiger partial charge >= 0.3 is 0 Å². The second kappa shape index (κ2) is 2.36. The Bertz CT molecular complexity index is 421. The van der Waals surface area contributed by atoms with Crippen LogP contribution in [0.3, 0.4) is 0 Å². The molecule has 1 aromatic rings. The molecule has 0 unspecified atom stereocenters. The predicted octanol–water partition coefficient (Wildman–Crippen LogP) is 1.13. The van der Waals surface area contributed by atoms with Gasteiger partial charge in [-0.1, -0.05) is 12.1 Å².